The Morgan fingerprint density at radius 1 is 1.35 bits per heavy atom. The van der Waals surface area contributed by atoms with Crippen molar-refractivity contribution in [1.29, 1.82) is 0 Å². The molecule has 0 saturated carbocycles. The van der Waals surface area contributed by atoms with Crippen molar-refractivity contribution in [2.45, 2.75) is 13.5 Å². The van der Waals surface area contributed by atoms with E-state index in [4.69, 9.17) is 15.2 Å². The predicted molar refractivity (Wildman–Crippen MR) is 78.5 cm³/mol. The maximum absolute atomic E-state index is 11.3. The van der Waals surface area contributed by atoms with Gasteiger partial charge >= 0.3 is 5.97 Å². The van der Waals surface area contributed by atoms with Crippen molar-refractivity contribution in [3.63, 3.8) is 0 Å². The second-order valence-corrected chi connectivity index (χ2v) is 4.88. The average molecular weight is 280 g/mol. The summed E-state index contributed by atoms with van der Waals surface area (Å²) in [5, 5.41) is 0. The van der Waals surface area contributed by atoms with Gasteiger partial charge in [-0.25, -0.2) is 0 Å². The Balaban J connectivity index is 2.27. The molecule has 5 heteroatoms. The van der Waals surface area contributed by atoms with Crippen molar-refractivity contribution < 1.29 is 14.3 Å². The molecule has 112 valence electrons. The molecular weight excluding hydrogens is 256 g/mol. The Labute approximate surface area is 120 Å². The minimum Gasteiger partial charge on any atom is -0.492 e. The van der Waals surface area contributed by atoms with E-state index in [1.54, 1.807) is 0 Å². The molecule has 0 aromatic heterocycles. The van der Waals surface area contributed by atoms with Gasteiger partial charge in [-0.3, -0.25) is 4.79 Å². The summed E-state index contributed by atoms with van der Waals surface area (Å²) in [6, 6.07) is 7.75. The van der Waals surface area contributed by atoms with Crippen molar-refractivity contribution in [3.8, 4) is 5.75 Å². The molecule has 1 aromatic rings. The Bertz CT molecular complexity index is 406. The van der Waals surface area contributed by atoms with Crippen LogP contribution >= 0.6 is 0 Å². The number of methoxy groups -OCH3 is 1. The monoisotopic (exact) mass is 280 g/mol. The third kappa shape index (κ3) is 5.59. The summed E-state index contributed by atoms with van der Waals surface area (Å²) in [7, 11) is 3.37. The van der Waals surface area contributed by atoms with Crippen LogP contribution in [0.4, 0.5) is 0 Å². The first kappa shape index (κ1) is 16.5. The zero-order valence-corrected chi connectivity index (χ0v) is 12.5. The number of benzene rings is 1. The number of likely N-dealkylation sites (N-methyl/N-ethyl adjacent to an activating group) is 1. The summed E-state index contributed by atoms with van der Waals surface area (Å²) < 4.78 is 10.3. The van der Waals surface area contributed by atoms with Gasteiger partial charge in [-0.1, -0.05) is 19.1 Å². The van der Waals surface area contributed by atoms with Crippen LogP contribution in [-0.4, -0.2) is 44.7 Å². The van der Waals surface area contributed by atoms with E-state index in [1.807, 2.05) is 38.2 Å². The molecule has 0 radical (unpaired) electrons. The van der Waals surface area contributed by atoms with E-state index in [9.17, 15) is 4.79 Å². The zero-order chi connectivity index (χ0) is 15.0. The number of nitrogens with zero attached hydrogens (tertiary/aromatic N) is 1. The van der Waals surface area contributed by atoms with E-state index >= 15 is 0 Å². The molecule has 0 fully saturated rings. The van der Waals surface area contributed by atoms with Gasteiger partial charge in [-0.05, 0) is 24.7 Å². The van der Waals surface area contributed by atoms with E-state index in [1.165, 1.54) is 7.11 Å². The van der Waals surface area contributed by atoms with Gasteiger partial charge in [0.25, 0.3) is 0 Å². The molecule has 1 rings (SSSR count). The van der Waals surface area contributed by atoms with Crippen LogP contribution in [0.15, 0.2) is 24.3 Å². The van der Waals surface area contributed by atoms with Crippen molar-refractivity contribution in [3.05, 3.63) is 29.8 Å². The molecule has 5 nitrogen and oxygen atoms in total. The fraction of sp³-hybridized carbons (Fsp3) is 0.533. The SMILES string of the molecule is COC(=O)C(C)CN(C)CCOc1ccc(CN)cc1. The Morgan fingerprint density at radius 3 is 2.55 bits per heavy atom. The molecule has 0 amide bonds. The average Bonchev–Trinajstić information content (AvgIpc) is 2.47. The summed E-state index contributed by atoms with van der Waals surface area (Å²) >= 11 is 0. The molecule has 2 N–H and O–H groups in total. The first-order valence-electron chi connectivity index (χ1n) is 6.75. The van der Waals surface area contributed by atoms with E-state index in [2.05, 4.69) is 4.90 Å². The molecule has 0 aliphatic carbocycles. The minimum atomic E-state index is -0.185. The van der Waals surface area contributed by atoms with Gasteiger partial charge in [0, 0.05) is 19.6 Å². The first-order valence-corrected chi connectivity index (χ1v) is 6.75. The summed E-state index contributed by atoms with van der Waals surface area (Å²) in [6.07, 6.45) is 0. The van der Waals surface area contributed by atoms with E-state index in [0.29, 0.717) is 19.7 Å². The number of ether oxygens (including phenoxy) is 2. The molecule has 20 heavy (non-hydrogen) atoms. The van der Waals surface area contributed by atoms with E-state index in [-0.39, 0.29) is 11.9 Å². The molecule has 0 saturated heterocycles. The highest BCUT2D eigenvalue weighted by atomic mass is 16.5. The highest BCUT2D eigenvalue weighted by molar-refractivity contribution is 5.72. The second-order valence-electron chi connectivity index (χ2n) is 4.88. The van der Waals surface area contributed by atoms with Crippen LogP contribution in [0.2, 0.25) is 0 Å². The standard InChI is InChI=1S/C15H24N2O3/c1-12(15(18)19-3)11-17(2)8-9-20-14-6-4-13(10-16)5-7-14/h4-7,12H,8-11,16H2,1-3H3. The van der Waals surface area contributed by atoms with Crippen LogP contribution < -0.4 is 10.5 Å². The third-order valence-corrected chi connectivity index (χ3v) is 3.09. The lowest BCUT2D eigenvalue weighted by atomic mass is 10.2. The number of carbonyl (C=O) groups excluding carboxylic acids is 1. The molecule has 0 spiro atoms. The normalized spacial score (nSPS) is 12.2. The first-order chi connectivity index (χ1) is 9.56. The number of hydrogen-bond donors (Lipinski definition) is 1. The maximum atomic E-state index is 11.3. The number of hydrogen-bond acceptors (Lipinski definition) is 5. The van der Waals surface area contributed by atoms with E-state index < -0.39 is 0 Å². The fourth-order valence-electron chi connectivity index (χ4n) is 1.88. The number of carbonyl (C=O) groups is 1. The molecule has 0 heterocycles. The van der Waals surface area contributed by atoms with Crippen molar-refractivity contribution >= 4 is 5.97 Å². The minimum absolute atomic E-state index is 0.131. The number of rotatable bonds is 8. The predicted octanol–water partition coefficient (Wildman–Crippen LogP) is 1.26. The van der Waals surface area contributed by atoms with Crippen LogP contribution in [0.5, 0.6) is 5.75 Å². The highest BCUT2D eigenvalue weighted by Crippen LogP contribution is 2.11. The summed E-state index contributed by atoms with van der Waals surface area (Å²) in [5.41, 5.74) is 6.62. The summed E-state index contributed by atoms with van der Waals surface area (Å²) in [5.74, 6) is 0.514. The molecule has 0 bridgehead atoms. The molecule has 0 aliphatic rings. The van der Waals surface area contributed by atoms with Crippen LogP contribution in [0, 0.1) is 5.92 Å². The Morgan fingerprint density at radius 2 is 2.00 bits per heavy atom. The van der Waals surface area contributed by atoms with Gasteiger partial charge < -0.3 is 20.1 Å². The van der Waals surface area contributed by atoms with Crippen molar-refractivity contribution in [2.24, 2.45) is 11.7 Å². The van der Waals surface area contributed by atoms with Crippen LogP contribution in [0.3, 0.4) is 0 Å². The van der Waals surface area contributed by atoms with Gasteiger partial charge in [-0.2, -0.15) is 0 Å². The molecule has 1 unspecified atom stereocenters. The third-order valence-electron chi connectivity index (χ3n) is 3.09. The number of nitrogens with two attached hydrogens (primary N) is 1. The smallest absolute Gasteiger partial charge is 0.309 e. The van der Waals surface area contributed by atoms with Gasteiger partial charge in [0.2, 0.25) is 0 Å². The van der Waals surface area contributed by atoms with Crippen molar-refractivity contribution in [2.75, 3.05) is 33.9 Å². The van der Waals surface area contributed by atoms with Crippen LogP contribution in [0.25, 0.3) is 0 Å². The largest absolute Gasteiger partial charge is 0.492 e. The van der Waals surface area contributed by atoms with Crippen LogP contribution in [-0.2, 0) is 16.1 Å². The highest BCUT2D eigenvalue weighted by Gasteiger charge is 2.15. The topological polar surface area (TPSA) is 64.8 Å². The Kier molecular flexibility index (Phi) is 7.04. The van der Waals surface area contributed by atoms with Gasteiger partial charge in [0.15, 0.2) is 0 Å². The molecule has 1 atom stereocenters. The van der Waals surface area contributed by atoms with Crippen molar-refractivity contribution in [1.82, 2.24) is 4.90 Å². The lowest BCUT2D eigenvalue weighted by molar-refractivity contribution is -0.145. The van der Waals surface area contributed by atoms with E-state index in [0.717, 1.165) is 17.9 Å². The summed E-state index contributed by atoms with van der Waals surface area (Å²) in [6.45, 7) is 4.37. The summed E-state index contributed by atoms with van der Waals surface area (Å²) in [4.78, 5) is 13.4. The number of esters is 1. The lowest BCUT2D eigenvalue weighted by Gasteiger charge is -2.20. The van der Waals surface area contributed by atoms with Gasteiger partial charge in [0.1, 0.15) is 12.4 Å². The maximum Gasteiger partial charge on any atom is 0.309 e. The molecule has 0 aliphatic heterocycles. The van der Waals surface area contributed by atoms with Gasteiger partial charge in [-0.15, -0.1) is 0 Å². The van der Waals surface area contributed by atoms with Gasteiger partial charge in [0.05, 0.1) is 13.0 Å². The second kappa shape index (κ2) is 8.55. The molecular formula is C15H24N2O3. The lowest BCUT2D eigenvalue weighted by Crippen LogP contribution is -2.32. The molecule has 1 aromatic carbocycles. The quantitative estimate of drug-likeness (QED) is 0.726. The van der Waals surface area contributed by atoms with Crippen LogP contribution in [0.1, 0.15) is 12.5 Å². The zero-order valence-electron chi connectivity index (χ0n) is 12.5. The Hall–Kier alpha value is -1.59. The fourth-order valence-corrected chi connectivity index (χ4v) is 1.88.